The van der Waals surface area contributed by atoms with Gasteiger partial charge in [0, 0.05) is 37.3 Å². The lowest BCUT2D eigenvalue weighted by molar-refractivity contribution is -0.163. The number of carbonyl (C=O) groups excluding carboxylic acids is 4. The highest BCUT2D eigenvalue weighted by molar-refractivity contribution is 6.05. The Morgan fingerprint density at radius 3 is 1.24 bits per heavy atom. The monoisotopic (exact) mass is 800 g/mol. The number of hydrazine groups is 2. The van der Waals surface area contributed by atoms with E-state index in [1.807, 2.05) is 24.3 Å². The summed E-state index contributed by atoms with van der Waals surface area (Å²) < 4.78 is 33.9. The topological polar surface area (TPSA) is 179 Å². The number of hydrogen-bond donors (Lipinski definition) is 2. The molecular weight excluding hydrogens is 748 g/mol. The fraction of sp³-hybridized carbons (Fsp3) is 0.476. The van der Waals surface area contributed by atoms with Crippen LogP contribution in [-0.2, 0) is 38.0 Å². The molecule has 4 heterocycles. The number of aliphatic imine (C=N–C) groups is 2. The van der Waals surface area contributed by atoms with Gasteiger partial charge in [-0.25, -0.2) is 30.5 Å². The van der Waals surface area contributed by atoms with E-state index in [-0.39, 0.29) is 12.1 Å². The molecular formula is C42H52N6O10. The summed E-state index contributed by atoms with van der Waals surface area (Å²) in [5.41, 5.74) is 12.2. The summed E-state index contributed by atoms with van der Waals surface area (Å²) >= 11 is 0. The minimum Gasteiger partial charge on any atom is -0.452 e. The van der Waals surface area contributed by atoms with E-state index < -0.39 is 60.0 Å². The molecule has 58 heavy (non-hydrogen) atoms. The second-order valence-corrected chi connectivity index (χ2v) is 15.8. The molecule has 16 nitrogen and oxygen atoms in total. The number of hydrogen-bond acceptors (Lipinski definition) is 12. The number of nitrogens with one attached hydrogen (secondary N) is 2. The number of amides is 4. The largest absolute Gasteiger partial charge is 0.452 e. The van der Waals surface area contributed by atoms with Gasteiger partial charge in [0.2, 0.25) is 0 Å². The van der Waals surface area contributed by atoms with Crippen molar-refractivity contribution >= 4 is 46.6 Å². The maximum Gasteiger partial charge on any atom is 0.425 e. The zero-order valence-electron chi connectivity index (χ0n) is 34.5. The predicted octanol–water partition coefficient (Wildman–Crippen LogP) is 5.78. The summed E-state index contributed by atoms with van der Waals surface area (Å²) in [7, 11) is 2.46. The highest BCUT2D eigenvalue weighted by atomic mass is 16.8. The molecule has 0 spiro atoms. The smallest absolute Gasteiger partial charge is 0.425 e. The van der Waals surface area contributed by atoms with Gasteiger partial charge >= 0.3 is 12.2 Å². The number of benzene rings is 2. The maximum absolute atomic E-state index is 13.6. The average Bonchev–Trinajstić information content (AvgIpc) is 4.00. The summed E-state index contributed by atoms with van der Waals surface area (Å²) in [4.78, 5) is 60.6. The van der Waals surface area contributed by atoms with Crippen LogP contribution in [0.5, 0.6) is 0 Å². The average molecular weight is 801 g/mol. The van der Waals surface area contributed by atoms with Gasteiger partial charge in [0.15, 0.2) is 23.8 Å². The first-order chi connectivity index (χ1) is 27.4. The fourth-order valence-electron chi connectivity index (χ4n) is 7.16. The van der Waals surface area contributed by atoms with E-state index in [0.717, 1.165) is 33.4 Å². The van der Waals surface area contributed by atoms with Gasteiger partial charge in [0.25, 0.3) is 11.8 Å². The first-order valence-corrected chi connectivity index (χ1v) is 19.2. The fourth-order valence-corrected chi connectivity index (χ4v) is 7.16. The standard InChI is InChI=1S/C42H52N6O10/c1-23(2)47(45-39(51)53-9)37(49)35-33(55-41(5,6)57-35)31-19-29(21-43-31)27-15-11-25(12-16-27)26-13-17-28(18-14-26)30-20-32(44-22-30)34-36(58-42(7,8)56-34)38(50)48(24(3)4)46-40(52)54-10/h11-18,21-24,33-36H,19-20H2,1-10H3,(H,45,51)(H,46,52)/t33-,34-,35+,36+/m0/s1. The van der Waals surface area contributed by atoms with Crippen molar-refractivity contribution in [1.29, 1.82) is 0 Å². The zero-order valence-corrected chi connectivity index (χ0v) is 34.5. The molecule has 6 rings (SSSR count). The summed E-state index contributed by atoms with van der Waals surface area (Å²) in [6, 6.07) is 15.6. The number of methoxy groups -OCH3 is 2. The molecule has 0 unspecified atom stereocenters. The summed E-state index contributed by atoms with van der Waals surface area (Å²) in [5, 5.41) is 2.38. The summed E-state index contributed by atoms with van der Waals surface area (Å²) in [5.74, 6) is -3.03. The number of allylic oxidation sites excluding steroid dienone is 2. The SMILES string of the molecule is COC(=O)NN(C(=O)[C@@H]1OC(C)(C)O[C@H]1C1=NC=C(c2ccc(-c3ccc(C4=CN=C([C@@H]5OC(C)(C)O[C@H]5C(=O)N(NC(=O)OC)C(C)C)C4)cc3)cc2)C1)C(C)C. The van der Waals surface area contributed by atoms with E-state index in [1.165, 1.54) is 24.2 Å². The number of carbonyl (C=O) groups is 4. The van der Waals surface area contributed by atoms with E-state index in [4.69, 9.17) is 28.4 Å². The van der Waals surface area contributed by atoms with Crippen LogP contribution in [0.4, 0.5) is 9.59 Å². The Labute approximate surface area is 338 Å². The van der Waals surface area contributed by atoms with Crippen molar-refractivity contribution in [2.24, 2.45) is 9.98 Å². The quantitative estimate of drug-likeness (QED) is 0.296. The van der Waals surface area contributed by atoms with Gasteiger partial charge in [0.05, 0.1) is 25.6 Å². The molecule has 2 saturated heterocycles. The molecule has 2 aromatic carbocycles. The molecule has 4 amide bonds. The Kier molecular flexibility index (Phi) is 12.2. The van der Waals surface area contributed by atoms with Crippen molar-refractivity contribution in [2.75, 3.05) is 14.2 Å². The molecule has 4 aliphatic heterocycles. The first kappa shape index (κ1) is 42.2. The number of ether oxygens (including phenoxy) is 6. The molecule has 310 valence electrons. The van der Waals surface area contributed by atoms with Crippen LogP contribution in [0.25, 0.3) is 22.3 Å². The minimum absolute atomic E-state index is 0.372. The Morgan fingerprint density at radius 1 is 0.603 bits per heavy atom. The van der Waals surface area contributed by atoms with Crippen molar-refractivity contribution < 1.29 is 47.6 Å². The normalized spacial score (nSPS) is 23.2. The first-order valence-electron chi connectivity index (χ1n) is 19.2. The lowest BCUT2D eigenvalue weighted by Crippen LogP contribution is -2.56. The Balaban J connectivity index is 1.08. The van der Waals surface area contributed by atoms with Crippen molar-refractivity contribution in [2.45, 2.75) is 116 Å². The van der Waals surface area contributed by atoms with E-state index >= 15 is 0 Å². The molecule has 0 aliphatic carbocycles. The van der Waals surface area contributed by atoms with Crippen LogP contribution >= 0.6 is 0 Å². The summed E-state index contributed by atoms with van der Waals surface area (Å²) in [6.07, 6.45) is -0.612. The number of nitrogens with zero attached hydrogens (tertiary/aromatic N) is 4. The van der Waals surface area contributed by atoms with Crippen molar-refractivity contribution in [3.63, 3.8) is 0 Å². The molecule has 0 radical (unpaired) electrons. The van der Waals surface area contributed by atoms with E-state index in [2.05, 4.69) is 45.1 Å². The predicted molar refractivity (Wildman–Crippen MR) is 215 cm³/mol. The second-order valence-electron chi connectivity index (χ2n) is 15.8. The van der Waals surface area contributed by atoms with E-state index in [1.54, 1.807) is 67.8 Å². The molecule has 0 bridgehead atoms. The Hall–Kier alpha value is -5.42. The third-order valence-corrected chi connectivity index (χ3v) is 10.00. The van der Waals surface area contributed by atoms with Crippen LogP contribution in [0.1, 0.15) is 79.4 Å². The zero-order chi connectivity index (χ0) is 42.1. The van der Waals surface area contributed by atoms with Gasteiger partial charge in [-0.2, -0.15) is 0 Å². The van der Waals surface area contributed by atoms with Gasteiger partial charge in [-0.15, -0.1) is 0 Å². The van der Waals surface area contributed by atoms with Crippen LogP contribution in [0, 0.1) is 0 Å². The molecule has 2 fully saturated rings. The molecule has 0 aromatic heterocycles. The highest BCUT2D eigenvalue weighted by Crippen LogP contribution is 2.37. The molecule has 4 aliphatic rings. The van der Waals surface area contributed by atoms with E-state index in [0.29, 0.717) is 24.3 Å². The van der Waals surface area contributed by atoms with Gasteiger partial charge in [-0.3, -0.25) is 19.6 Å². The molecule has 2 N–H and O–H groups in total. The van der Waals surface area contributed by atoms with Gasteiger partial charge in [-0.1, -0.05) is 48.5 Å². The van der Waals surface area contributed by atoms with Crippen molar-refractivity contribution in [3.8, 4) is 11.1 Å². The minimum atomic E-state index is -1.05. The number of rotatable bonds is 9. The van der Waals surface area contributed by atoms with Crippen molar-refractivity contribution in [3.05, 3.63) is 72.1 Å². The van der Waals surface area contributed by atoms with Crippen LogP contribution in [0.15, 0.2) is 70.9 Å². The van der Waals surface area contributed by atoms with Gasteiger partial charge < -0.3 is 28.4 Å². The summed E-state index contributed by atoms with van der Waals surface area (Å²) in [6.45, 7) is 14.0. The van der Waals surface area contributed by atoms with Crippen LogP contribution in [0.2, 0.25) is 0 Å². The highest BCUT2D eigenvalue weighted by Gasteiger charge is 2.51. The van der Waals surface area contributed by atoms with Gasteiger partial charge in [-0.05, 0) is 88.8 Å². The van der Waals surface area contributed by atoms with Crippen LogP contribution in [-0.4, -0.2) is 108 Å². The molecule has 4 atom stereocenters. The molecule has 16 heteroatoms. The molecule has 2 aromatic rings. The maximum atomic E-state index is 13.6. The third kappa shape index (κ3) is 9.15. The van der Waals surface area contributed by atoms with Crippen molar-refractivity contribution in [1.82, 2.24) is 20.9 Å². The molecule has 0 saturated carbocycles. The van der Waals surface area contributed by atoms with Crippen LogP contribution < -0.4 is 10.9 Å². The third-order valence-electron chi connectivity index (χ3n) is 10.00. The van der Waals surface area contributed by atoms with Crippen LogP contribution in [0.3, 0.4) is 0 Å². The lowest BCUT2D eigenvalue weighted by atomic mass is 9.94. The van der Waals surface area contributed by atoms with Gasteiger partial charge in [0.1, 0.15) is 12.2 Å². The Bertz CT molecular complexity index is 1890. The lowest BCUT2D eigenvalue weighted by Gasteiger charge is -2.29. The second kappa shape index (κ2) is 16.8. The van der Waals surface area contributed by atoms with E-state index in [9.17, 15) is 19.2 Å². The Morgan fingerprint density at radius 2 is 0.931 bits per heavy atom.